The number of amides is 1. The largest absolute Gasteiger partial charge is 0.493 e. The van der Waals surface area contributed by atoms with E-state index in [4.69, 9.17) is 4.74 Å². The number of fused-ring (bicyclic) bond motifs is 1. The molecule has 0 aromatic carbocycles. The molecule has 0 bridgehead atoms. The number of aromatic nitrogens is 6. The monoisotopic (exact) mass is 421 g/mol. The van der Waals surface area contributed by atoms with E-state index in [0.29, 0.717) is 40.7 Å². The second-order valence-corrected chi connectivity index (χ2v) is 7.67. The molecule has 2 unspecified atom stereocenters. The first-order valence-corrected chi connectivity index (χ1v) is 9.78. The van der Waals surface area contributed by atoms with Crippen LogP contribution in [0.25, 0.3) is 16.9 Å². The third-order valence-corrected chi connectivity index (χ3v) is 5.43. The third kappa shape index (κ3) is 3.39. The van der Waals surface area contributed by atoms with Crippen molar-refractivity contribution in [1.82, 2.24) is 29.1 Å². The molecule has 2 atom stereocenters. The highest BCUT2D eigenvalue weighted by atomic mass is 19.1. The Morgan fingerprint density at radius 3 is 2.77 bits per heavy atom. The second-order valence-electron chi connectivity index (χ2n) is 7.67. The summed E-state index contributed by atoms with van der Waals surface area (Å²) in [6, 6.07) is 1.32. The van der Waals surface area contributed by atoms with Gasteiger partial charge in [0.15, 0.2) is 11.6 Å². The number of nitrogens with one attached hydrogen (secondary N) is 1. The summed E-state index contributed by atoms with van der Waals surface area (Å²) >= 11 is 0. The molecule has 1 N–H and O–H groups in total. The first-order valence-electron chi connectivity index (χ1n) is 9.78. The van der Waals surface area contributed by atoms with E-state index in [1.54, 1.807) is 40.9 Å². The molecule has 158 valence electrons. The summed E-state index contributed by atoms with van der Waals surface area (Å²) in [5, 5.41) is 6.95. The number of carbonyl (C=O) groups is 1. The van der Waals surface area contributed by atoms with Gasteiger partial charge in [-0.3, -0.25) is 9.48 Å². The molecule has 4 aromatic rings. The van der Waals surface area contributed by atoms with Crippen LogP contribution in [-0.2, 0) is 11.8 Å². The van der Waals surface area contributed by atoms with Crippen molar-refractivity contribution in [3.63, 3.8) is 0 Å². The summed E-state index contributed by atoms with van der Waals surface area (Å²) in [6.07, 6.45) is 8.98. The van der Waals surface area contributed by atoms with Gasteiger partial charge in [0.05, 0.1) is 25.1 Å². The van der Waals surface area contributed by atoms with Gasteiger partial charge in [-0.25, -0.2) is 19.3 Å². The topological polar surface area (TPSA) is 99.2 Å². The maximum Gasteiger partial charge on any atom is 0.229 e. The van der Waals surface area contributed by atoms with Crippen molar-refractivity contribution < 1.29 is 13.9 Å². The fourth-order valence-electron chi connectivity index (χ4n) is 3.70. The number of carbonyl (C=O) groups excluding carboxylic acids is 1. The SMILES string of the molecule is COc1cnn(C)c1-c1cn2cc(NC(=O)C3CC3c3ncc(C)cn3)nc2cc1F. The van der Waals surface area contributed by atoms with E-state index >= 15 is 0 Å². The van der Waals surface area contributed by atoms with Gasteiger partial charge in [0.2, 0.25) is 5.91 Å². The molecule has 31 heavy (non-hydrogen) atoms. The molecule has 1 saturated carbocycles. The normalized spacial score (nSPS) is 17.7. The number of methoxy groups -OCH3 is 1. The van der Waals surface area contributed by atoms with E-state index in [2.05, 4.69) is 25.4 Å². The highest BCUT2D eigenvalue weighted by Gasteiger charge is 2.46. The zero-order chi connectivity index (χ0) is 21.7. The van der Waals surface area contributed by atoms with Crippen LogP contribution in [0.1, 0.15) is 23.7 Å². The molecule has 9 nitrogen and oxygen atoms in total. The van der Waals surface area contributed by atoms with Crippen LogP contribution in [0.5, 0.6) is 5.75 Å². The number of hydrogen-bond acceptors (Lipinski definition) is 6. The van der Waals surface area contributed by atoms with E-state index in [1.807, 2.05) is 6.92 Å². The molecule has 1 amide bonds. The van der Waals surface area contributed by atoms with Crippen molar-refractivity contribution in [2.75, 3.05) is 12.4 Å². The fraction of sp³-hybridized carbons (Fsp3) is 0.286. The number of imidazole rings is 1. The lowest BCUT2D eigenvalue weighted by atomic mass is 10.2. The van der Waals surface area contributed by atoms with Gasteiger partial charge in [0, 0.05) is 43.5 Å². The van der Waals surface area contributed by atoms with E-state index in [9.17, 15) is 9.18 Å². The average molecular weight is 421 g/mol. The van der Waals surface area contributed by atoms with E-state index < -0.39 is 5.82 Å². The number of aryl methyl sites for hydroxylation is 2. The second kappa shape index (κ2) is 7.15. The Kier molecular flexibility index (Phi) is 4.42. The van der Waals surface area contributed by atoms with Crippen molar-refractivity contribution in [3.05, 3.63) is 54.3 Å². The molecule has 10 heteroatoms. The lowest BCUT2D eigenvalue weighted by Crippen LogP contribution is -2.15. The minimum atomic E-state index is -0.461. The summed E-state index contributed by atoms with van der Waals surface area (Å²) in [5.41, 5.74) is 2.19. The quantitative estimate of drug-likeness (QED) is 0.532. The van der Waals surface area contributed by atoms with Gasteiger partial charge in [-0.05, 0) is 18.9 Å². The molecular formula is C21H20FN7O2. The van der Waals surface area contributed by atoms with Crippen molar-refractivity contribution >= 4 is 17.4 Å². The minimum absolute atomic E-state index is 0.0129. The van der Waals surface area contributed by atoms with Gasteiger partial charge < -0.3 is 14.5 Å². The molecule has 4 heterocycles. The third-order valence-electron chi connectivity index (χ3n) is 5.43. The Morgan fingerprint density at radius 1 is 1.26 bits per heavy atom. The van der Waals surface area contributed by atoms with Gasteiger partial charge in [0.1, 0.15) is 23.0 Å². The van der Waals surface area contributed by atoms with Crippen LogP contribution >= 0.6 is 0 Å². The highest BCUT2D eigenvalue weighted by Crippen LogP contribution is 2.46. The van der Waals surface area contributed by atoms with Crippen LogP contribution in [0.4, 0.5) is 10.2 Å². The molecule has 4 aromatic heterocycles. The number of hydrogen-bond donors (Lipinski definition) is 1. The van der Waals surface area contributed by atoms with Gasteiger partial charge in [-0.15, -0.1) is 0 Å². The molecule has 1 aliphatic rings. The molecule has 0 spiro atoms. The first-order chi connectivity index (χ1) is 14.9. The van der Waals surface area contributed by atoms with E-state index in [0.717, 1.165) is 5.56 Å². The Bertz CT molecular complexity index is 1300. The molecule has 0 aliphatic heterocycles. The number of nitrogens with zero attached hydrogens (tertiary/aromatic N) is 6. The van der Waals surface area contributed by atoms with Gasteiger partial charge in [-0.1, -0.05) is 0 Å². The lowest BCUT2D eigenvalue weighted by Gasteiger charge is -2.07. The summed E-state index contributed by atoms with van der Waals surface area (Å²) in [7, 11) is 3.22. The number of halogens is 1. The summed E-state index contributed by atoms with van der Waals surface area (Å²) in [5.74, 6) is 0.708. The van der Waals surface area contributed by atoms with Gasteiger partial charge in [-0.2, -0.15) is 5.10 Å². The fourth-order valence-corrected chi connectivity index (χ4v) is 3.70. The minimum Gasteiger partial charge on any atom is -0.493 e. The van der Waals surface area contributed by atoms with Crippen LogP contribution < -0.4 is 10.1 Å². The summed E-state index contributed by atoms with van der Waals surface area (Å²) in [6.45, 7) is 1.92. The van der Waals surface area contributed by atoms with Crippen molar-refractivity contribution in [2.24, 2.45) is 13.0 Å². The average Bonchev–Trinajstić information content (AvgIpc) is 3.33. The Balaban J connectivity index is 1.37. The van der Waals surface area contributed by atoms with Crippen LogP contribution in [-0.4, -0.2) is 42.2 Å². The smallest absolute Gasteiger partial charge is 0.229 e. The molecular weight excluding hydrogens is 401 g/mol. The maximum absolute atomic E-state index is 14.8. The number of anilines is 1. The molecule has 0 radical (unpaired) electrons. The predicted octanol–water partition coefficient (Wildman–Crippen LogP) is 2.72. The van der Waals surface area contributed by atoms with Crippen LogP contribution in [0.15, 0.2) is 37.1 Å². The number of ether oxygens (including phenoxy) is 1. The molecule has 1 fully saturated rings. The van der Waals surface area contributed by atoms with E-state index in [1.165, 1.54) is 19.4 Å². The van der Waals surface area contributed by atoms with Gasteiger partial charge >= 0.3 is 0 Å². The van der Waals surface area contributed by atoms with Crippen molar-refractivity contribution in [3.8, 4) is 17.0 Å². The number of rotatable bonds is 5. The Labute approximate surface area is 176 Å². The molecule has 5 rings (SSSR count). The summed E-state index contributed by atoms with van der Waals surface area (Å²) in [4.78, 5) is 25.6. The molecule has 0 saturated heterocycles. The Hall–Kier alpha value is -3.82. The highest BCUT2D eigenvalue weighted by molar-refractivity contribution is 5.94. The van der Waals surface area contributed by atoms with Crippen molar-refractivity contribution in [1.29, 1.82) is 0 Å². The standard InChI is InChI=1S/C21H20FN7O2/c1-11-6-23-20(24-7-11)12-4-13(12)21(30)27-17-10-29-9-14(15(22)5-18(29)26-17)19-16(31-3)8-25-28(19)2/h5-10,12-13H,4H2,1-3H3,(H,27,30). The maximum atomic E-state index is 14.8. The van der Waals surface area contributed by atoms with Crippen LogP contribution in [0, 0.1) is 18.7 Å². The summed E-state index contributed by atoms with van der Waals surface area (Å²) < 4.78 is 23.3. The zero-order valence-corrected chi connectivity index (χ0v) is 17.2. The number of pyridine rings is 1. The molecule has 1 aliphatic carbocycles. The lowest BCUT2D eigenvalue weighted by molar-refractivity contribution is -0.117. The Morgan fingerprint density at radius 2 is 2.03 bits per heavy atom. The van der Waals surface area contributed by atoms with Crippen LogP contribution in [0.2, 0.25) is 0 Å². The van der Waals surface area contributed by atoms with E-state index in [-0.39, 0.29) is 17.7 Å². The first kappa shape index (κ1) is 19.2. The van der Waals surface area contributed by atoms with Crippen LogP contribution in [0.3, 0.4) is 0 Å². The zero-order valence-electron chi connectivity index (χ0n) is 17.2. The van der Waals surface area contributed by atoms with Gasteiger partial charge in [0.25, 0.3) is 0 Å². The van der Waals surface area contributed by atoms with Crippen molar-refractivity contribution in [2.45, 2.75) is 19.3 Å². The predicted molar refractivity (Wildman–Crippen MR) is 110 cm³/mol.